The van der Waals surface area contributed by atoms with Crippen LogP contribution in [0.3, 0.4) is 0 Å². The van der Waals surface area contributed by atoms with Gasteiger partial charge in [0.1, 0.15) is 12.7 Å². The standard InChI is InChI=1S/C24H26O9/c1-16(25)31-21(15-30-23(27)18-10-6-4-7-11-18)20(14-22(29-3)32-17(2)26)33-24(28)19-12-8-5-9-13-19/h4-13,20-22H,14-15H2,1-3H3/t20-,21-,22?/m1/s1. The molecule has 0 saturated heterocycles. The molecule has 9 nitrogen and oxygen atoms in total. The van der Waals surface area contributed by atoms with Crippen LogP contribution in [0.4, 0.5) is 0 Å². The van der Waals surface area contributed by atoms with Crippen LogP contribution in [-0.2, 0) is 33.3 Å². The lowest BCUT2D eigenvalue weighted by molar-refractivity contribution is -0.184. The number of methoxy groups -OCH3 is 1. The molecule has 33 heavy (non-hydrogen) atoms. The Kier molecular flexibility index (Phi) is 10.0. The summed E-state index contributed by atoms with van der Waals surface area (Å²) in [6, 6.07) is 16.4. The van der Waals surface area contributed by atoms with Gasteiger partial charge in [0.15, 0.2) is 6.10 Å². The van der Waals surface area contributed by atoms with E-state index >= 15 is 0 Å². The monoisotopic (exact) mass is 458 g/mol. The highest BCUT2D eigenvalue weighted by Gasteiger charge is 2.33. The Labute approximate surface area is 191 Å². The average Bonchev–Trinajstić information content (AvgIpc) is 2.81. The van der Waals surface area contributed by atoms with E-state index in [2.05, 4.69) is 0 Å². The number of esters is 4. The Morgan fingerprint density at radius 2 is 1.21 bits per heavy atom. The SMILES string of the molecule is COC(C[C@@H](OC(=O)c1ccccc1)[C@@H](COC(=O)c1ccccc1)OC(C)=O)OC(C)=O. The average molecular weight is 458 g/mol. The number of carbonyl (C=O) groups excluding carboxylic acids is 4. The van der Waals surface area contributed by atoms with Gasteiger partial charge in [0.05, 0.1) is 17.5 Å². The first kappa shape index (κ1) is 25.5. The summed E-state index contributed by atoms with van der Waals surface area (Å²) in [5.74, 6) is -2.65. The van der Waals surface area contributed by atoms with E-state index < -0.39 is 49.0 Å². The minimum Gasteiger partial charge on any atom is -0.458 e. The first-order valence-corrected chi connectivity index (χ1v) is 10.2. The van der Waals surface area contributed by atoms with Crippen molar-refractivity contribution in [2.75, 3.05) is 13.7 Å². The molecule has 176 valence electrons. The summed E-state index contributed by atoms with van der Waals surface area (Å²) in [6.45, 7) is 1.96. The molecule has 1 unspecified atom stereocenters. The summed E-state index contributed by atoms with van der Waals surface area (Å²) < 4.78 is 26.4. The molecule has 0 N–H and O–H groups in total. The second kappa shape index (κ2) is 13.0. The zero-order valence-electron chi connectivity index (χ0n) is 18.6. The molecule has 0 amide bonds. The lowest BCUT2D eigenvalue weighted by Gasteiger charge is -2.28. The van der Waals surface area contributed by atoms with Gasteiger partial charge in [-0.1, -0.05) is 36.4 Å². The number of carbonyl (C=O) groups is 4. The molecule has 0 aromatic heterocycles. The molecular weight excluding hydrogens is 432 g/mol. The highest BCUT2D eigenvalue weighted by molar-refractivity contribution is 5.90. The van der Waals surface area contributed by atoms with E-state index in [0.29, 0.717) is 5.56 Å². The number of ether oxygens (including phenoxy) is 5. The van der Waals surface area contributed by atoms with Crippen molar-refractivity contribution < 1.29 is 42.9 Å². The van der Waals surface area contributed by atoms with Gasteiger partial charge < -0.3 is 23.7 Å². The van der Waals surface area contributed by atoms with Crippen molar-refractivity contribution >= 4 is 23.9 Å². The lowest BCUT2D eigenvalue weighted by Crippen LogP contribution is -2.42. The Bertz CT molecular complexity index is 927. The summed E-state index contributed by atoms with van der Waals surface area (Å²) in [6.07, 6.45) is -3.61. The molecule has 0 aliphatic carbocycles. The van der Waals surface area contributed by atoms with E-state index in [4.69, 9.17) is 23.7 Å². The van der Waals surface area contributed by atoms with E-state index in [0.717, 1.165) is 0 Å². The Morgan fingerprint density at radius 3 is 1.70 bits per heavy atom. The van der Waals surface area contributed by atoms with Crippen molar-refractivity contribution in [2.45, 2.75) is 38.8 Å². The van der Waals surface area contributed by atoms with Crippen LogP contribution in [0.25, 0.3) is 0 Å². The van der Waals surface area contributed by atoms with Gasteiger partial charge in [0.2, 0.25) is 6.29 Å². The molecule has 0 heterocycles. The second-order valence-electron chi connectivity index (χ2n) is 6.93. The van der Waals surface area contributed by atoms with Crippen molar-refractivity contribution in [2.24, 2.45) is 0 Å². The van der Waals surface area contributed by atoms with Crippen LogP contribution in [0.15, 0.2) is 60.7 Å². The normalized spacial score (nSPS) is 13.2. The molecule has 0 fully saturated rings. The molecule has 0 aliphatic rings. The molecule has 2 aromatic carbocycles. The maximum Gasteiger partial charge on any atom is 0.338 e. The summed E-state index contributed by atoms with van der Waals surface area (Å²) in [7, 11) is 1.31. The van der Waals surface area contributed by atoms with Crippen LogP contribution in [0.5, 0.6) is 0 Å². The van der Waals surface area contributed by atoms with Crippen molar-refractivity contribution in [1.82, 2.24) is 0 Å². The molecule has 0 radical (unpaired) electrons. The first-order chi connectivity index (χ1) is 15.8. The number of rotatable bonds is 11. The molecule has 3 atom stereocenters. The van der Waals surface area contributed by atoms with Crippen LogP contribution in [-0.4, -0.2) is 56.1 Å². The highest BCUT2D eigenvalue weighted by Crippen LogP contribution is 2.18. The zero-order valence-corrected chi connectivity index (χ0v) is 18.6. The van der Waals surface area contributed by atoms with Crippen molar-refractivity contribution in [3.05, 3.63) is 71.8 Å². The van der Waals surface area contributed by atoms with Gasteiger partial charge in [0, 0.05) is 21.0 Å². The third-order valence-corrected chi connectivity index (χ3v) is 4.37. The largest absolute Gasteiger partial charge is 0.458 e. The fourth-order valence-electron chi connectivity index (χ4n) is 2.87. The molecule has 0 bridgehead atoms. The minimum absolute atomic E-state index is 0.171. The van der Waals surface area contributed by atoms with Gasteiger partial charge in [-0.2, -0.15) is 0 Å². The second-order valence-corrected chi connectivity index (χ2v) is 6.93. The molecule has 0 spiro atoms. The van der Waals surface area contributed by atoms with E-state index in [1.54, 1.807) is 60.7 Å². The van der Waals surface area contributed by atoms with E-state index in [-0.39, 0.29) is 12.0 Å². The Hall–Kier alpha value is -3.72. The van der Waals surface area contributed by atoms with Crippen LogP contribution < -0.4 is 0 Å². The maximum atomic E-state index is 12.7. The highest BCUT2D eigenvalue weighted by atomic mass is 16.7. The third kappa shape index (κ3) is 8.74. The summed E-state index contributed by atoms with van der Waals surface area (Å²) in [5, 5.41) is 0. The van der Waals surface area contributed by atoms with Gasteiger partial charge >= 0.3 is 23.9 Å². The topological polar surface area (TPSA) is 114 Å². The van der Waals surface area contributed by atoms with Crippen molar-refractivity contribution in [1.29, 1.82) is 0 Å². The Morgan fingerprint density at radius 1 is 0.697 bits per heavy atom. The van der Waals surface area contributed by atoms with Crippen LogP contribution in [0.2, 0.25) is 0 Å². The van der Waals surface area contributed by atoms with Gasteiger partial charge in [-0.3, -0.25) is 9.59 Å². The maximum absolute atomic E-state index is 12.7. The molecular formula is C24H26O9. The summed E-state index contributed by atoms with van der Waals surface area (Å²) in [5.41, 5.74) is 0.554. The predicted molar refractivity (Wildman–Crippen MR) is 115 cm³/mol. The molecule has 2 rings (SSSR count). The minimum atomic E-state index is -1.18. The lowest BCUT2D eigenvalue weighted by atomic mass is 10.1. The Balaban J connectivity index is 2.24. The van der Waals surface area contributed by atoms with Gasteiger partial charge in [0.25, 0.3) is 0 Å². The van der Waals surface area contributed by atoms with Gasteiger partial charge in [-0.05, 0) is 24.3 Å². The van der Waals surface area contributed by atoms with Gasteiger partial charge in [-0.25, -0.2) is 9.59 Å². The number of hydrogen-bond acceptors (Lipinski definition) is 9. The van der Waals surface area contributed by atoms with Gasteiger partial charge in [-0.15, -0.1) is 0 Å². The summed E-state index contributed by atoms with van der Waals surface area (Å²) >= 11 is 0. The summed E-state index contributed by atoms with van der Waals surface area (Å²) in [4.78, 5) is 48.2. The quantitative estimate of drug-likeness (QED) is 0.285. The molecule has 9 heteroatoms. The van der Waals surface area contributed by atoms with E-state index in [1.807, 2.05) is 0 Å². The van der Waals surface area contributed by atoms with Crippen LogP contribution in [0, 0.1) is 0 Å². The molecule has 0 aliphatic heterocycles. The zero-order chi connectivity index (χ0) is 24.2. The van der Waals surface area contributed by atoms with Crippen molar-refractivity contribution in [3.8, 4) is 0 Å². The van der Waals surface area contributed by atoms with E-state index in [9.17, 15) is 19.2 Å². The predicted octanol–water partition coefficient (Wildman–Crippen LogP) is 2.93. The molecule has 2 aromatic rings. The van der Waals surface area contributed by atoms with Crippen LogP contribution >= 0.6 is 0 Å². The fraction of sp³-hybridized carbons (Fsp3) is 0.333. The van der Waals surface area contributed by atoms with Crippen molar-refractivity contribution in [3.63, 3.8) is 0 Å². The number of hydrogen-bond donors (Lipinski definition) is 0. The smallest absolute Gasteiger partial charge is 0.338 e. The molecule has 0 saturated carbocycles. The fourth-order valence-corrected chi connectivity index (χ4v) is 2.87. The third-order valence-electron chi connectivity index (χ3n) is 4.37. The first-order valence-electron chi connectivity index (χ1n) is 10.2. The number of benzene rings is 2. The van der Waals surface area contributed by atoms with E-state index in [1.165, 1.54) is 21.0 Å². The van der Waals surface area contributed by atoms with Crippen LogP contribution in [0.1, 0.15) is 41.0 Å².